The second-order valence-corrected chi connectivity index (χ2v) is 4.40. The van der Waals surface area contributed by atoms with Crippen LogP contribution < -0.4 is 0 Å². The average Bonchev–Trinajstić information content (AvgIpc) is 2.16. The normalized spacial score (nSPS) is 30.6. The lowest BCUT2D eigenvalue weighted by Gasteiger charge is -2.34. The number of aliphatic hydroxyl groups is 1. The molecule has 4 heteroatoms. The van der Waals surface area contributed by atoms with Gasteiger partial charge in [0.2, 0.25) is 0 Å². The van der Waals surface area contributed by atoms with Crippen molar-refractivity contribution < 1.29 is 14.6 Å². The summed E-state index contributed by atoms with van der Waals surface area (Å²) in [5.41, 5.74) is -2.04. The Morgan fingerprint density at radius 2 is 2.00 bits per heavy atom. The van der Waals surface area contributed by atoms with Gasteiger partial charge >= 0.3 is 6.09 Å². The van der Waals surface area contributed by atoms with Gasteiger partial charge in [0.15, 0.2) is 11.3 Å². The Morgan fingerprint density at radius 3 is 2.36 bits per heavy atom. The lowest BCUT2D eigenvalue weighted by molar-refractivity contribution is -0.127. The number of amides is 1. The highest BCUT2D eigenvalue weighted by Crippen LogP contribution is 2.36. The molecule has 14 heavy (non-hydrogen) atoms. The molecule has 4 nitrogen and oxygen atoms in total. The first-order valence-corrected chi connectivity index (χ1v) is 5.06. The van der Waals surface area contributed by atoms with Gasteiger partial charge in [-0.25, -0.2) is 4.79 Å². The summed E-state index contributed by atoms with van der Waals surface area (Å²) in [5, 5.41) is 10.2. The van der Waals surface area contributed by atoms with Crippen molar-refractivity contribution in [2.45, 2.75) is 51.9 Å². The van der Waals surface area contributed by atoms with Crippen LogP contribution in [0.4, 0.5) is 4.79 Å². The SMILES string of the molecule is CCCCN1C(=O)OC(C)(C)C1(C)O. The Kier molecular flexibility index (Phi) is 2.76. The summed E-state index contributed by atoms with van der Waals surface area (Å²) in [6, 6.07) is 0. The Morgan fingerprint density at radius 1 is 1.43 bits per heavy atom. The van der Waals surface area contributed by atoms with Crippen LogP contribution in [0.25, 0.3) is 0 Å². The number of carbonyl (C=O) groups is 1. The van der Waals surface area contributed by atoms with Gasteiger partial charge in [-0.15, -0.1) is 0 Å². The third-order valence-electron chi connectivity index (χ3n) is 2.96. The minimum atomic E-state index is -1.21. The molecule has 1 heterocycles. The molecular weight excluding hydrogens is 182 g/mol. The van der Waals surface area contributed by atoms with Crippen LogP contribution in [0.3, 0.4) is 0 Å². The zero-order valence-corrected chi connectivity index (χ0v) is 9.33. The van der Waals surface area contributed by atoms with Crippen molar-refractivity contribution in [2.24, 2.45) is 0 Å². The fraction of sp³-hybridized carbons (Fsp3) is 0.900. The van der Waals surface area contributed by atoms with E-state index in [1.165, 1.54) is 4.90 Å². The Hall–Kier alpha value is -0.770. The molecule has 1 amide bonds. The van der Waals surface area contributed by atoms with Gasteiger partial charge in [0.05, 0.1) is 0 Å². The topological polar surface area (TPSA) is 49.8 Å². The van der Waals surface area contributed by atoms with Crippen LogP contribution in [0.2, 0.25) is 0 Å². The molecule has 0 aromatic heterocycles. The molecule has 1 aliphatic heterocycles. The molecule has 1 rings (SSSR count). The molecule has 0 spiro atoms. The van der Waals surface area contributed by atoms with Gasteiger partial charge in [0.25, 0.3) is 0 Å². The minimum Gasteiger partial charge on any atom is -0.438 e. The molecule has 0 radical (unpaired) electrons. The van der Waals surface area contributed by atoms with E-state index >= 15 is 0 Å². The highest BCUT2D eigenvalue weighted by Gasteiger charge is 2.56. The van der Waals surface area contributed by atoms with Crippen molar-refractivity contribution in [1.82, 2.24) is 4.90 Å². The quantitative estimate of drug-likeness (QED) is 0.756. The highest BCUT2D eigenvalue weighted by molar-refractivity contribution is 5.72. The van der Waals surface area contributed by atoms with Gasteiger partial charge in [0.1, 0.15) is 0 Å². The van der Waals surface area contributed by atoms with Gasteiger partial charge in [0, 0.05) is 6.54 Å². The van der Waals surface area contributed by atoms with Crippen molar-refractivity contribution in [3.05, 3.63) is 0 Å². The molecule has 82 valence electrons. The Balaban J connectivity index is 2.80. The fourth-order valence-electron chi connectivity index (χ4n) is 1.50. The largest absolute Gasteiger partial charge is 0.438 e. The molecule has 1 atom stereocenters. The van der Waals surface area contributed by atoms with E-state index < -0.39 is 17.4 Å². The Labute approximate surface area is 84.8 Å². The molecule has 0 aliphatic carbocycles. The van der Waals surface area contributed by atoms with Crippen molar-refractivity contribution in [1.29, 1.82) is 0 Å². The van der Waals surface area contributed by atoms with Crippen LogP contribution >= 0.6 is 0 Å². The smallest absolute Gasteiger partial charge is 0.412 e. The molecule has 1 saturated heterocycles. The number of hydrogen-bond acceptors (Lipinski definition) is 3. The van der Waals surface area contributed by atoms with Gasteiger partial charge in [-0.2, -0.15) is 0 Å². The summed E-state index contributed by atoms with van der Waals surface area (Å²) >= 11 is 0. The second-order valence-electron chi connectivity index (χ2n) is 4.40. The summed E-state index contributed by atoms with van der Waals surface area (Å²) in [7, 11) is 0. The first-order chi connectivity index (χ1) is 6.33. The van der Waals surface area contributed by atoms with Gasteiger partial charge < -0.3 is 9.84 Å². The molecule has 0 saturated carbocycles. The first kappa shape index (κ1) is 11.3. The maximum Gasteiger partial charge on any atom is 0.412 e. The molecule has 1 unspecified atom stereocenters. The predicted octanol–water partition coefficient (Wildman–Crippen LogP) is 1.73. The molecule has 1 N–H and O–H groups in total. The van der Waals surface area contributed by atoms with Crippen LogP contribution in [0, 0.1) is 0 Å². The zero-order chi connectivity index (χ0) is 11.0. The van der Waals surface area contributed by atoms with Crippen LogP contribution in [0.5, 0.6) is 0 Å². The number of carbonyl (C=O) groups excluding carboxylic acids is 1. The van der Waals surface area contributed by atoms with Crippen molar-refractivity contribution >= 4 is 6.09 Å². The van der Waals surface area contributed by atoms with Crippen LogP contribution in [0.15, 0.2) is 0 Å². The summed E-state index contributed by atoms with van der Waals surface area (Å²) in [5.74, 6) is 0. The van der Waals surface area contributed by atoms with Gasteiger partial charge in [-0.05, 0) is 27.2 Å². The van der Waals surface area contributed by atoms with E-state index in [0.29, 0.717) is 6.54 Å². The van der Waals surface area contributed by atoms with Crippen LogP contribution in [-0.4, -0.2) is 34.0 Å². The van der Waals surface area contributed by atoms with E-state index in [0.717, 1.165) is 12.8 Å². The molecule has 1 fully saturated rings. The van der Waals surface area contributed by atoms with E-state index in [4.69, 9.17) is 4.74 Å². The Bertz CT molecular complexity index is 236. The third-order valence-corrected chi connectivity index (χ3v) is 2.96. The lowest BCUT2D eigenvalue weighted by Crippen LogP contribution is -2.53. The summed E-state index contributed by atoms with van der Waals surface area (Å²) < 4.78 is 5.11. The van der Waals surface area contributed by atoms with Crippen LogP contribution in [0.1, 0.15) is 40.5 Å². The van der Waals surface area contributed by atoms with Crippen LogP contribution in [-0.2, 0) is 4.74 Å². The van der Waals surface area contributed by atoms with Gasteiger partial charge in [-0.1, -0.05) is 13.3 Å². The number of nitrogens with zero attached hydrogens (tertiary/aromatic N) is 1. The zero-order valence-electron chi connectivity index (χ0n) is 9.33. The molecule has 0 aromatic rings. The summed E-state index contributed by atoms with van der Waals surface area (Å²) in [4.78, 5) is 12.9. The maximum atomic E-state index is 11.5. The number of ether oxygens (including phenoxy) is 1. The van der Waals surface area contributed by atoms with E-state index in [9.17, 15) is 9.90 Å². The number of rotatable bonds is 3. The highest BCUT2D eigenvalue weighted by atomic mass is 16.6. The monoisotopic (exact) mass is 201 g/mol. The fourth-order valence-corrected chi connectivity index (χ4v) is 1.50. The molecular formula is C10H19NO3. The minimum absolute atomic E-state index is 0.423. The van der Waals surface area contributed by atoms with Crippen molar-refractivity contribution in [3.63, 3.8) is 0 Å². The van der Waals surface area contributed by atoms with E-state index in [2.05, 4.69) is 0 Å². The molecule has 0 bridgehead atoms. The predicted molar refractivity (Wildman–Crippen MR) is 52.8 cm³/mol. The number of cyclic esters (lactones) is 1. The summed E-state index contributed by atoms with van der Waals surface area (Å²) in [6.07, 6.45) is 1.44. The lowest BCUT2D eigenvalue weighted by atomic mass is 9.96. The number of unbranched alkanes of at least 4 members (excludes halogenated alkanes) is 1. The third kappa shape index (κ3) is 1.59. The summed E-state index contributed by atoms with van der Waals surface area (Å²) in [6.45, 7) is 7.65. The van der Waals surface area contributed by atoms with E-state index in [-0.39, 0.29) is 0 Å². The van der Waals surface area contributed by atoms with Gasteiger partial charge in [-0.3, -0.25) is 4.90 Å². The number of hydrogen-bond donors (Lipinski definition) is 1. The average molecular weight is 201 g/mol. The van der Waals surface area contributed by atoms with Crippen molar-refractivity contribution in [2.75, 3.05) is 6.54 Å². The molecule has 0 aromatic carbocycles. The van der Waals surface area contributed by atoms with E-state index in [1.54, 1.807) is 20.8 Å². The first-order valence-electron chi connectivity index (χ1n) is 5.06. The maximum absolute atomic E-state index is 11.5. The standard InChI is InChI=1S/C10H19NO3/c1-5-6-7-11-8(12)14-9(2,3)10(11,4)13/h13H,5-7H2,1-4H3. The second kappa shape index (κ2) is 3.42. The molecule has 1 aliphatic rings. The van der Waals surface area contributed by atoms with E-state index in [1.807, 2.05) is 6.92 Å². The van der Waals surface area contributed by atoms with Crippen molar-refractivity contribution in [3.8, 4) is 0 Å².